The summed E-state index contributed by atoms with van der Waals surface area (Å²) in [6.07, 6.45) is 2.57. The first-order chi connectivity index (χ1) is 15.0. The van der Waals surface area contributed by atoms with Crippen molar-refractivity contribution in [2.75, 3.05) is 25.1 Å². The second-order valence-corrected chi connectivity index (χ2v) is 7.61. The molecule has 2 aromatic carbocycles. The molecule has 2 aliphatic rings. The maximum Gasteiger partial charge on any atom is 0.352 e. The molecular weight excluding hydrogens is 396 g/mol. The van der Waals surface area contributed by atoms with Crippen LogP contribution in [0.5, 0.6) is 0 Å². The first-order valence-electron chi connectivity index (χ1n) is 10.3. The number of piperidine rings is 1. The zero-order valence-electron chi connectivity index (χ0n) is 17.3. The number of rotatable bonds is 4. The van der Waals surface area contributed by atoms with E-state index in [4.69, 9.17) is 4.74 Å². The largest absolute Gasteiger partial charge is 0.507 e. The lowest BCUT2D eigenvalue weighted by molar-refractivity contribution is -0.153. The van der Waals surface area contributed by atoms with Crippen molar-refractivity contribution < 1.29 is 24.2 Å². The molecule has 0 saturated carbocycles. The number of likely N-dealkylation sites (tertiary alicyclic amines) is 1. The van der Waals surface area contributed by atoms with E-state index in [2.05, 4.69) is 0 Å². The number of aliphatic hydroxyl groups is 1. The highest BCUT2D eigenvalue weighted by Gasteiger charge is 2.66. The second kappa shape index (κ2) is 8.35. The molecule has 7 nitrogen and oxygen atoms in total. The van der Waals surface area contributed by atoms with Gasteiger partial charge in [-0.15, -0.1) is 0 Å². The zero-order chi connectivity index (χ0) is 22.0. The van der Waals surface area contributed by atoms with Crippen LogP contribution in [0, 0.1) is 0 Å². The lowest BCUT2D eigenvalue weighted by atomic mass is 9.91. The number of carbonyl (C=O) groups is 3. The maximum absolute atomic E-state index is 13.5. The number of hydrogen-bond acceptors (Lipinski definition) is 6. The number of anilines is 1. The lowest BCUT2D eigenvalue weighted by Crippen LogP contribution is -2.66. The number of Topliss-reactive ketones (excluding diaryl/α,β-unsaturated/α-hetero) is 1. The van der Waals surface area contributed by atoms with E-state index in [0.29, 0.717) is 24.3 Å². The minimum atomic E-state index is -1.88. The average molecular weight is 420 g/mol. The first kappa shape index (κ1) is 20.8. The molecule has 0 aliphatic carbocycles. The van der Waals surface area contributed by atoms with E-state index in [1.807, 2.05) is 0 Å². The normalized spacial score (nSPS) is 23.7. The number of carbonyl (C=O) groups excluding carboxylic acids is 3. The van der Waals surface area contributed by atoms with Crippen molar-refractivity contribution in [1.29, 1.82) is 0 Å². The molecule has 2 saturated heterocycles. The third kappa shape index (κ3) is 3.21. The Bertz CT molecular complexity index is 1030. The van der Waals surface area contributed by atoms with Crippen molar-refractivity contribution in [3.05, 3.63) is 71.8 Å². The molecule has 2 heterocycles. The van der Waals surface area contributed by atoms with Crippen molar-refractivity contribution in [2.24, 2.45) is 0 Å². The maximum atomic E-state index is 13.5. The third-order valence-electron chi connectivity index (χ3n) is 5.88. The molecule has 0 aromatic heterocycles. The van der Waals surface area contributed by atoms with Crippen LogP contribution < -0.4 is 4.90 Å². The predicted octanol–water partition coefficient (Wildman–Crippen LogP) is 2.93. The second-order valence-electron chi connectivity index (χ2n) is 7.61. The van der Waals surface area contributed by atoms with E-state index >= 15 is 0 Å². The monoisotopic (exact) mass is 420 g/mol. The molecule has 160 valence electrons. The molecule has 1 N–H and O–H groups in total. The summed E-state index contributed by atoms with van der Waals surface area (Å²) in [5.41, 5.74) is -1.42. The molecular formula is C24H24N2O5. The van der Waals surface area contributed by atoms with Crippen LogP contribution >= 0.6 is 0 Å². The Labute approximate surface area is 180 Å². The number of ether oxygens (including phenoxy) is 1. The molecule has 7 heteroatoms. The Kier molecular flexibility index (Phi) is 5.61. The van der Waals surface area contributed by atoms with Gasteiger partial charge in [-0.1, -0.05) is 55.0 Å². The van der Waals surface area contributed by atoms with E-state index in [-0.39, 0.29) is 5.57 Å². The summed E-state index contributed by atoms with van der Waals surface area (Å²) < 4.78 is 5.18. The molecule has 4 rings (SSSR count). The van der Waals surface area contributed by atoms with Crippen molar-refractivity contribution >= 4 is 29.1 Å². The van der Waals surface area contributed by atoms with E-state index < -0.39 is 29.1 Å². The molecule has 2 fully saturated rings. The van der Waals surface area contributed by atoms with Crippen LogP contribution in [0.1, 0.15) is 24.8 Å². The van der Waals surface area contributed by atoms with Crippen molar-refractivity contribution in [3.63, 3.8) is 0 Å². The van der Waals surface area contributed by atoms with Gasteiger partial charge in [-0.25, -0.2) is 4.79 Å². The summed E-state index contributed by atoms with van der Waals surface area (Å²) in [6.45, 7) is 0.953. The minimum absolute atomic E-state index is 0.263. The molecule has 0 spiro atoms. The summed E-state index contributed by atoms with van der Waals surface area (Å²) in [4.78, 5) is 43.1. The van der Waals surface area contributed by atoms with Gasteiger partial charge in [-0.2, -0.15) is 0 Å². The highest BCUT2D eigenvalue weighted by molar-refractivity contribution is 6.54. The average Bonchev–Trinajstić information content (AvgIpc) is 3.07. The van der Waals surface area contributed by atoms with Gasteiger partial charge in [-0.05, 0) is 25.0 Å². The van der Waals surface area contributed by atoms with E-state index in [9.17, 15) is 19.5 Å². The molecule has 2 aliphatic heterocycles. The van der Waals surface area contributed by atoms with Crippen molar-refractivity contribution in [1.82, 2.24) is 4.90 Å². The van der Waals surface area contributed by atoms with Crippen LogP contribution in [0.2, 0.25) is 0 Å². The van der Waals surface area contributed by atoms with E-state index in [1.54, 1.807) is 65.6 Å². The number of benzene rings is 2. The standard InChI is InChI=1S/C24H24N2O5/c1-31-23(30)24(25-15-9-4-10-16-25)19(20(27)17-11-5-2-6-12-17)21(28)22(29)26(24)18-13-7-3-8-14-18/h2-3,5-8,11-14,27H,4,9-10,15-16H2,1H3/b20-19-. The topological polar surface area (TPSA) is 87.1 Å². The van der Waals surface area contributed by atoms with Crippen LogP contribution in [0.15, 0.2) is 66.2 Å². The van der Waals surface area contributed by atoms with Gasteiger partial charge in [0.25, 0.3) is 5.78 Å². The predicted molar refractivity (Wildman–Crippen MR) is 115 cm³/mol. The van der Waals surface area contributed by atoms with Gasteiger partial charge in [-0.3, -0.25) is 19.4 Å². The highest BCUT2D eigenvalue weighted by atomic mass is 16.5. The van der Waals surface area contributed by atoms with Gasteiger partial charge < -0.3 is 9.84 Å². The van der Waals surface area contributed by atoms with Gasteiger partial charge in [0.1, 0.15) is 11.3 Å². The van der Waals surface area contributed by atoms with Crippen LogP contribution in [-0.2, 0) is 19.1 Å². The number of esters is 1. The number of nitrogens with zero attached hydrogens (tertiary/aromatic N) is 2. The summed E-state index contributed by atoms with van der Waals surface area (Å²) in [5, 5.41) is 11.2. The number of para-hydroxylation sites is 1. The van der Waals surface area contributed by atoms with Crippen LogP contribution in [0.25, 0.3) is 5.76 Å². The summed E-state index contributed by atoms with van der Waals surface area (Å²) in [6, 6.07) is 17.0. The highest BCUT2D eigenvalue weighted by Crippen LogP contribution is 2.44. The van der Waals surface area contributed by atoms with E-state index in [1.165, 1.54) is 12.0 Å². The Morgan fingerprint density at radius 3 is 2.10 bits per heavy atom. The fraction of sp³-hybridized carbons (Fsp3) is 0.292. The number of amides is 1. The number of methoxy groups -OCH3 is 1. The Balaban J connectivity index is 2.06. The van der Waals surface area contributed by atoms with Crippen LogP contribution in [0.4, 0.5) is 5.69 Å². The molecule has 1 amide bonds. The number of hydrogen-bond donors (Lipinski definition) is 1. The minimum Gasteiger partial charge on any atom is -0.507 e. The third-order valence-corrected chi connectivity index (χ3v) is 5.88. The van der Waals surface area contributed by atoms with Crippen LogP contribution in [-0.4, -0.2) is 53.5 Å². The Morgan fingerprint density at radius 1 is 0.935 bits per heavy atom. The van der Waals surface area contributed by atoms with Gasteiger partial charge in [0.15, 0.2) is 0 Å². The van der Waals surface area contributed by atoms with Gasteiger partial charge in [0.05, 0.1) is 7.11 Å². The molecule has 0 bridgehead atoms. The Morgan fingerprint density at radius 2 is 1.52 bits per heavy atom. The van der Waals surface area contributed by atoms with Crippen molar-refractivity contribution in [2.45, 2.75) is 24.9 Å². The smallest absolute Gasteiger partial charge is 0.352 e. The fourth-order valence-corrected chi connectivity index (χ4v) is 4.50. The van der Waals surface area contributed by atoms with Gasteiger partial charge in [0.2, 0.25) is 5.66 Å². The van der Waals surface area contributed by atoms with Crippen molar-refractivity contribution in [3.8, 4) is 0 Å². The van der Waals surface area contributed by atoms with Gasteiger partial charge >= 0.3 is 11.9 Å². The van der Waals surface area contributed by atoms with E-state index in [0.717, 1.165) is 19.3 Å². The molecule has 1 atom stereocenters. The lowest BCUT2D eigenvalue weighted by Gasteiger charge is -2.45. The zero-order valence-corrected chi connectivity index (χ0v) is 17.3. The summed E-state index contributed by atoms with van der Waals surface area (Å²) in [7, 11) is 1.22. The summed E-state index contributed by atoms with van der Waals surface area (Å²) >= 11 is 0. The molecule has 31 heavy (non-hydrogen) atoms. The Hall–Kier alpha value is -3.45. The molecule has 1 unspecified atom stereocenters. The first-order valence-corrected chi connectivity index (χ1v) is 10.3. The van der Waals surface area contributed by atoms with Crippen LogP contribution in [0.3, 0.4) is 0 Å². The summed E-state index contributed by atoms with van der Waals surface area (Å²) in [5.74, 6) is -2.97. The molecule has 2 aromatic rings. The fourth-order valence-electron chi connectivity index (χ4n) is 4.50. The number of aliphatic hydroxyl groups excluding tert-OH is 1. The van der Waals surface area contributed by atoms with Gasteiger partial charge in [0, 0.05) is 24.3 Å². The number of ketones is 1. The molecule has 0 radical (unpaired) electrons. The quantitative estimate of drug-likeness (QED) is 0.354. The SMILES string of the molecule is COC(=O)C1(N2CCCCC2)/C(=C(\O)c2ccccc2)C(=O)C(=O)N1c1ccccc1.